The molecule has 2 heterocycles. The molecule has 0 spiro atoms. The zero-order chi connectivity index (χ0) is 16.8. The van der Waals surface area contributed by atoms with E-state index in [2.05, 4.69) is 22.2 Å². The van der Waals surface area contributed by atoms with Crippen molar-refractivity contribution in [2.24, 2.45) is 5.92 Å². The van der Waals surface area contributed by atoms with Crippen molar-refractivity contribution in [2.75, 3.05) is 13.2 Å². The smallest absolute Gasteiger partial charge is 0.252 e. The number of ether oxygens (including phenoxy) is 1. The number of nitrogens with zero attached hydrogens (tertiary/aromatic N) is 3. The fraction of sp³-hybridized carbons (Fsp3) is 0.500. The molecule has 24 heavy (non-hydrogen) atoms. The molecule has 2 aromatic rings. The van der Waals surface area contributed by atoms with E-state index in [4.69, 9.17) is 4.74 Å². The molecule has 0 aliphatic heterocycles. The van der Waals surface area contributed by atoms with E-state index in [-0.39, 0.29) is 5.91 Å². The van der Waals surface area contributed by atoms with Crippen LogP contribution >= 0.6 is 0 Å². The van der Waals surface area contributed by atoms with Crippen molar-refractivity contribution >= 4 is 5.91 Å². The van der Waals surface area contributed by atoms with Crippen molar-refractivity contribution in [2.45, 2.75) is 38.7 Å². The average Bonchev–Trinajstić information content (AvgIpc) is 3.15. The van der Waals surface area contributed by atoms with Crippen molar-refractivity contribution in [3.05, 3.63) is 42.6 Å². The van der Waals surface area contributed by atoms with E-state index in [0.717, 1.165) is 12.2 Å². The molecule has 1 fully saturated rings. The highest BCUT2D eigenvalue weighted by Crippen LogP contribution is 2.25. The standard InChI is InChI=1S/C18H24N4O2/c1-14-4-2-3-5-16(14)24-11-9-20-18(23)15-6-7-17(21-12-15)22-10-8-19-13-22/h6-8,10,12-14,16H,2-5,9,11H2,1H3,(H,20,23). The topological polar surface area (TPSA) is 69.0 Å². The van der Waals surface area contributed by atoms with Gasteiger partial charge in [-0.3, -0.25) is 9.36 Å². The molecule has 0 radical (unpaired) electrons. The van der Waals surface area contributed by atoms with Gasteiger partial charge in [-0.15, -0.1) is 0 Å². The number of imidazole rings is 1. The third-order valence-corrected chi connectivity index (χ3v) is 4.53. The number of aromatic nitrogens is 3. The highest BCUT2D eigenvalue weighted by molar-refractivity contribution is 5.93. The van der Waals surface area contributed by atoms with Gasteiger partial charge in [0.05, 0.1) is 18.3 Å². The fourth-order valence-electron chi connectivity index (χ4n) is 3.07. The minimum Gasteiger partial charge on any atom is -0.376 e. The number of hydrogen-bond donors (Lipinski definition) is 1. The van der Waals surface area contributed by atoms with Crippen LogP contribution in [0.4, 0.5) is 0 Å². The van der Waals surface area contributed by atoms with Crippen molar-refractivity contribution in [3.8, 4) is 5.82 Å². The van der Waals surface area contributed by atoms with E-state index >= 15 is 0 Å². The Balaban J connectivity index is 1.43. The summed E-state index contributed by atoms with van der Waals surface area (Å²) < 4.78 is 7.70. The van der Waals surface area contributed by atoms with Crippen LogP contribution in [-0.4, -0.2) is 39.7 Å². The van der Waals surface area contributed by atoms with E-state index in [1.165, 1.54) is 19.3 Å². The van der Waals surface area contributed by atoms with Gasteiger partial charge >= 0.3 is 0 Å². The van der Waals surface area contributed by atoms with E-state index in [1.807, 2.05) is 6.20 Å². The Morgan fingerprint density at radius 3 is 2.96 bits per heavy atom. The second kappa shape index (κ2) is 8.06. The molecule has 1 aliphatic carbocycles. The Kier molecular flexibility index (Phi) is 5.59. The van der Waals surface area contributed by atoms with Gasteiger partial charge in [0.1, 0.15) is 12.1 Å². The highest BCUT2D eigenvalue weighted by Gasteiger charge is 2.21. The Bertz CT molecular complexity index is 640. The quantitative estimate of drug-likeness (QED) is 0.828. The van der Waals surface area contributed by atoms with Crippen LogP contribution in [0.25, 0.3) is 5.82 Å². The van der Waals surface area contributed by atoms with Gasteiger partial charge in [0.2, 0.25) is 0 Å². The van der Waals surface area contributed by atoms with Crippen LogP contribution in [0.3, 0.4) is 0 Å². The van der Waals surface area contributed by atoms with Gasteiger partial charge in [0.25, 0.3) is 5.91 Å². The monoisotopic (exact) mass is 328 g/mol. The Morgan fingerprint density at radius 1 is 1.38 bits per heavy atom. The maximum absolute atomic E-state index is 12.1. The first kappa shape index (κ1) is 16.6. The molecular weight excluding hydrogens is 304 g/mol. The van der Waals surface area contributed by atoms with Crippen LogP contribution in [0.5, 0.6) is 0 Å². The van der Waals surface area contributed by atoms with E-state index < -0.39 is 0 Å². The first-order chi connectivity index (χ1) is 11.7. The SMILES string of the molecule is CC1CCCCC1OCCNC(=O)c1ccc(-n2ccnc2)nc1. The van der Waals surface area contributed by atoms with Crippen molar-refractivity contribution in [3.63, 3.8) is 0 Å². The van der Waals surface area contributed by atoms with E-state index in [9.17, 15) is 4.79 Å². The summed E-state index contributed by atoms with van der Waals surface area (Å²) in [5, 5.41) is 2.88. The Hall–Kier alpha value is -2.21. The number of carbonyl (C=O) groups is 1. The van der Waals surface area contributed by atoms with Gasteiger partial charge in [-0.2, -0.15) is 0 Å². The van der Waals surface area contributed by atoms with Crippen LogP contribution < -0.4 is 5.32 Å². The molecule has 6 heteroatoms. The lowest BCUT2D eigenvalue weighted by molar-refractivity contribution is -0.00294. The molecular formula is C18H24N4O2. The molecule has 1 aliphatic rings. The molecule has 2 unspecified atom stereocenters. The largest absolute Gasteiger partial charge is 0.376 e. The molecule has 2 atom stereocenters. The number of pyridine rings is 1. The van der Waals surface area contributed by atoms with Gasteiger partial charge in [0.15, 0.2) is 0 Å². The lowest BCUT2D eigenvalue weighted by atomic mass is 9.88. The first-order valence-electron chi connectivity index (χ1n) is 8.58. The predicted molar refractivity (Wildman–Crippen MR) is 91.1 cm³/mol. The number of carbonyl (C=O) groups excluding carboxylic acids is 1. The van der Waals surface area contributed by atoms with Gasteiger partial charge in [-0.25, -0.2) is 9.97 Å². The summed E-state index contributed by atoms with van der Waals surface area (Å²) in [6.45, 7) is 3.32. The highest BCUT2D eigenvalue weighted by atomic mass is 16.5. The number of amides is 1. The minimum atomic E-state index is -0.125. The van der Waals surface area contributed by atoms with Gasteiger partial charge in [0, 0.05) is 25.1 Å². The normalized spacial score (nSPS) is 20.7. The third-order valence-electron chi connectivity index (χ3n) is 4.53. The molecule has 1 amide bonds. The number of hydrogen-bond acceptors (Lipinski definition) is 4. The molecule has 6 nitrogen and oxygen atoms in total. The van der Waals surface area contributed by atoms with Gasteiger partial charge in [-0.05, 0) is 30.9 Å². The zero-order valence-electron chi connectivity index (χ0n) is 14.0. The predicted octanol–water partition coefficient (Wildman–Crippen LogP) is 2.59. The van der Waals surface area contributed by atoms with Crippen LogP contribution in [0.15, 0.2) is 37.1 Å². The lowest BCUT2D eigenvalue weighted by Gasteiger charge is -2.28. The maximum Gasteiger partial charge on any atom is 0.252 e. The summed E-state index contributed by atoms with van der Waals surface area (Å²) in [6.07, 6.45) is 12.0. The van der Waals surface area contributed by atoms with Crippen LogP contribution in [0.2, 0.25) is 0 Å². The first-order valence-corrected chi connectivity index (χ1v) is 8.58. The molecule has 0 saturated heterocycles. The Labute approximate surface area is 142 Å². The summed E-state index contributed by atoms with van der Waals surface area (Å²) in [4.78, 5) is 20.4. The summed E-state index contributed by atoms with van der Waals surface area (Å²) >= 11 is 0. The van der Waals surface area contributed by atoms with Gasteiger partial charge in [-0.1, -0.05) is 19.8 Å². The van der Waals surface area contributed by atoms with E-state index in [1.54, 1.807) is 35.4 Å². The molecule has 1 saturated carbocycles. The molecule has 3 rings (SSSR count). The van der Waals surface area contributed by atoms with Gasteiger partial charge < -0.3 is 10.1 Å². The molecule has 2 aromatic heterocycles. The van der Waals surface area contributed by atoms with Crippen molar-refractivity contribution in [1.82, 2.24) is 19.9 Å². The zero-order valence-corrected chi connectivity index (χ0v) is 14.0. The summed E-state index contributed by atoms with van der Waals surface area (Å²) in [7, 11) is 0. The van der Waals surface area contributed by atoms with Crippen LogP contribution in [-0.2, 0) is 4.74 Å². The van der Waals surface area contributed by atoms with Crippen molar-refractivity contribution in [1.29, 1.82) is 0 Å². The third kappa shape index (κ3) is 4.20. The van der Waals surface area contributed by atoms with Crippen molar-refractivity contribution < 1.29 is 9.53 Å². The molecule has 0 bridgehead atoms. The summed E-state index contributed by atoms with van der Waals surface area (Å²) in [6, 6.07) is 3.57. The second-order valence-electron chi connectivity index (χ2n) is 6.30. The average molecular weight is 328 g/mol. The molecule has 128 valence electrons. The maximum atomic E-state index is 12.1. The van der Waals surface area contributed by atoms with Crippen LogP contribution in [0, 0.1) is 5.92 Å². The minimum absolute atomic E-state index is 0.125. The molecule has 1 N–H and O–H groups in total. The van der Waals surface area contributed by atoms with Crippen LogP contribution in [0.1, 0.15) is 43.0 Å². The molecule has 0 aromatic carbocycles. The lowest BCUT2D eigenvalue weighted by Crippen LogP contribution is -2.31. The number of rotatable bonds is 6. The second-order valence-corrected chi connectivity index (χ2v) is 6.30. The number of nitrogens with one attached hydrogen (secondary N) is 1. The van der Waals surface area contributed by atoms with E-state index in [0.29, 0.717) is 30.7 Å². The Morgan fingerprint density at radius 2 is 2.25 bits per heavy atom. The fourth-order valence-corrected chi connectivity index (χ4v) is 3.07. The summed E-state index contributed by atoms with van der Waals surface area (Å²) in [5.74, 6) is 1.23. The summed E-state index contributed by atoms with van der Waals surface area (Å²) in [5.41, 5.74) is 0.546.